The molecule has 94 valence electrons. The van der Waals surface area contributed by atoms with E-state index in [1.54, 1.807) is 11.3 Å². The Kier molecular flexibility index (Phi) is 4.39. The number of carbonyl (C=O) groups is 1. The normalized spacial score (nSPS) is 10.3. The first kappa shape index (κ1) is 13.1. The van der Waals surface area contributed by atoms with Crippen molar-refractivity contribution in [1.82, 2.24) is 0 Å². The molecule has 0 amide bonds. The number of benzene rings is 1. The summed E-state index contributed by atoms with van der Waals surface area (Å²) in [5.41, 5.74) is 2.31. The van der Waals surface area contributed by atoms with E-state index in [4.69, 9.17) is 11.6 Å². The highest BCUT2D eigenvalue weighted by molar-refractivity contribution is 7.13. The van der Waals surface area contributed by atoms with Crippen molar-refractivity contribution in [3.05, 3.63) is 46.3 Å². The molecule has 2 rings (SSSR count). The van der Waals surface area contributed by atoms with Crippen molar-refractivity contribution >= 4 is 28.9 Å². The number of halogens is 1. The average molecular weight is 281 g/mol. The zero-order valence-corrected chi connectivity index (χ0v) is 11.6. The molecule has 4 heteroatoms. The van der Waals surface area contributed by atoms with Crippen molar-refractivity contribution < 1.29 is 9.53 Å². The predicted octanol–water partition coefficient (Wildman–Crippen LogP) is 4.17. The minimum absolute atomic E-state index is 0.172. The van der Waals surface area contributed by atoms with E-state index in [0.29, 0.717) is 6.42 Å². The summed E-state index contributed by atoms with van der Waals surface area (Å²) in [7, 11) is 1.41. The first-order valence-corrected chi connectivity index (χ1v) is 6.85. The van der Waals surface area contributed by atoms with E-state index in [-0.39, 0.29) is 5.97 Å². The van der Waals surface area contributed by atoms with Gasteiger partial charge in [-0.15, -0.1) is 11.3 Å². The molecule has 0 aliphatic rings. The van der Waals surface area contributed by atoms with Crippen molar-refractivity contribution in [2.24, 2.45) is 0 Å². The second kappa shape index (κ2) is 6.03. The number of ether oxygens (including phenoxy) is 1. The summed E-state index contributed by atoms with van der Waals surface area (Å²) in [4.78, 5) is 12.3. The fourth-order valence-corrected chi connectivity index (χ4v) is 2.70. The van der Waals surface area contributed by atoms with Crippen molar-refractivity contribution in [2.75, 3.05) is 7.11 Å². The van der Waals surface area contributed by atoms with E-state index < -0.39 is 0 Å². The van der Waals surface area contributed by atoms with Crippen molar-refractivity contribution in [1.29, 1.82) is 0 Å². The van der Waals surface area contributed by atoms with Gasteiger partial charge in [0.2, 0.25) is 0 Å². The summed E-state index contributed by atoms with van der Waals surface area (Å²) in [5, 5.41) is 2.81. The Balaban J connectivity index is 2.06. The summed E-state index contributed by atoms with van der Waals surface area (Å²) >= 11 is 7.53. The van der Waals surface area contributed by atoms with Gasteiger partial charge in [0.05, 0.1) is 7.11 Å². The van der Waals surface area contributed by atoms with Gasteiger partial charge in [-0.2, -0.15) is 0 Å². The zero-order valence-electron chi connectivity index (χ0n) is 9.98. The Bertz CT molecular complexity index is 531. The Hall–Kier alpha value is -1.32. The number of thiophene rings is 1. The maximum absolute atomic E-state index is 11.1. The number of esters is 1. The van der Waals surface area contributed by atoms with Crippen LogP contribution in [0.2, 0.25) is 5.02 Å². The van der Waals surface area contributed by atoms with Crippen LogP contribution in [0.3, 0.4) is 0 Å². The van der Waals surface area contributed by atoms with Crippen LogP contribution in [-0.4, -0.2) is 13.1 Å². The Morgan fingerprint density at radius 2 is 2.06 bits per heavy atom. The van der Waals surface area contributed by atoms with Crippen LogP contribution in [-0.2, 0) is 16.0 Å². The van der Waals surface area contributed by atoms with Gasteiger partial charge >= 0.3 is 5.97 Å². The molecule has 1 aromatic carbocycles. The molecule has 0 unspecified atom stereocenters. The van der Waals surface area contributed by atoms with Crippen molar-refractivity contribution in [3.8, 4) is 10.4 Å². The van der Waals surface area contributed by atoms with Crippen LogP contribution >= 0.6 is 22.9 Å². The van der Waals surface area contributed by atoms with Gasteiger partial charge in [-0.05, 0) is 41.1 Å². The monoisotopic (exact) mass is 280 g/mol. The van der Waals surface area contributed by atoms with Crippen LogP contribution in [0, 0.1) is 0 Å². The summed E-state index contributed by atoms with van der Waals surface area (Å²) in [6.07, 6.45) is 1.14. The zero-order chi connectivity index (χ0) is 13.0. The largest absolute Gasteiger partial charge is 0.469 e. The highest BCUT2D eigenvalue weighted by Crippen LogP contribution is 2.28. The molecule has 0 saturated carbocycles. The first-order chi connectivity index (χ1) is 8.69. The SMILES string of the molecule is COC(=O)CCc1csc(-c2ccc(Cl)cc2)c1. The van der Waals surface area contributed by atoms with Crippen LogP contribution in [0.4, 0.5) is 0 Å². The quantitative estimate of drug-likeness (QED) is 0.786. The van der Waals surface area contributed by atoms with Gasteiger partial charge < -0.3 is 4.74 Å². The lowest BCUT2D eigenvalue weighted by molar-refractivity contribution is -0.140. The molecular formula is C14H13ClO2S. The van der Waals surface area contributed by atoms with Gasteiger partial charge in [0.1, 0.15) is 0 Å². The third kappa shape index (κ3) is 3.34. The smallest absolute Gasteiger partial charge is 0.305 e. The maximum Gasteiger partial charge on any atom is 0.305 e. The van der Waals surface area contributed by atoms with Crippen LogP contribution in [0.5, 0.6) is 0 Å². The van der Waals surface area contributed by atoms with Gasteiger partial charge in [0.15, 0.2) is 0 Å². The van der Waals surface area contributed by atoms with Gasteiger partial charge in [-0.25, -0.2) is 0 Å². The lowest BCUT2D eigenvalue weighted by Crippen LogP contribution is -2.01. The highest BCUT2D eigenvalue weighted by atomic mass is 35.5. The summed E-state index contributed by atoms with van der Waals surface area (Å²) in [6, 6.07) is 9.86. The Labute approximate surface area is 115 Å². The molecule has 1 aromatic heterocycles. The fourth-order valence-electron chi connectivity index (χ4n) is 1.62. The van der Waals surface area contributed by atoms with Gasteiger partial charge in [0, 0.05) is 16.3 Å². The van der Waals surface area contributed by atoms with Gasteiger partial charge in [-0.3, -0.25) is 4.79 Å². The topological polar surface area (TPSA) is 26.3 Å². The number of rotatable bonds is 4. The second-order valence-electron chi connectivity index (χ2n) is 3.90. The van der Waals surface area contributed by atoms with Crippen LogP contribution in [0.1, 0.15) is 12.0 Å². The van der Waals surface area contributed by atoms with E-state index >= 15 is 0 Å². The molecule has 18 heavy (non-hydrogen) atoms. The molecule has 0 aliphatic heterocycles. The standard InChI is InChI=1S/C14H13ClO2S/c1-17-14(16)7-2-10-8-13(18-9-10)11-3-5-12(15)6-4-11/h3-6,8-9H,2,7H2,1H3. The number of hydrogen-bond donors (Lipinski definition) is 0. The minimum Gasteiger partial charge on any atom is -0.469 e. The molecule has 0 atom stereocenters. The summed E-state index contributed by atoms with van der Waals surface area (Å²) in [5.74, 6) is -0.172. The van der Waals surface area contributed by atoms with Gasteiger partial charge in [-0.1, -0.05) is 23.7 Å². The molecule has 1 heterocycles. The number of hydrogen-bond acceptors (Lipinski definition) is 3. The third-order valence-corrected chi connectivity index (χ3v) is 3.91. The van der Waals surface area contributed by atoms with E-state index in [2.05, 4.69) is 16.2 Å². The van der Waals surface area contributed by atoms with E-state index in [0.717, 1.165) is 22.6 Å². The molecule has 0 N–H and O–H groups in total. The lowest BCUT2D eigenvalue weighted by Gasteiger charge is -1.98. The predicted molar refractivity (Wildman–Crippen MR) is 75.1 cm³/mol. The molecule has 2 nitrogen and oxygen atoms in total. The fraction of sp³-hybridized carbons (Fsp3) is 0.214. The number of carbonyl (C=O) groups excluding carboxylic acids is 1. The van der Waals surface area contributed by atoms with E-state index in [9.17, 15) is 4.79 Å². The summed E-state index contributed by atoms with van der Waals surface area (Å²) in [6.45, 7) is 0. The lowest BCUT2D eigenvalue weighted by atomic mass is 10.1. The van der Waals surface area contributed by atoms with Crippen molar-refractivity contribution in [2.45, 2.75) is 12.8 Å². The minimum atomic E-state index is -0.172. The Morgan fingerprint density at radius 1 is 1.33 bits per heavy atom. The summed E-state index contributed by atoms with van der Waals surface area (Å²) < 4.78 is 4.63. The maximum atomic E-state index is 11.1. The Morgan fingerprint density at radius 3 is 2.72 bits per heavy atom. The van der Waals surface area contributed by atoms with Crippen LogP contribution < -0.4 is 0 Å². The van der Waals surface area contributed by atoms with Gasteiger partial charge in [0.25, 0.3) is 0 Å². The number of methoxy groups -OCH3 is 1. The molecule has 2 aromatic rings. The van der Waals surface area contributed by atoms with Crippen molar-refractivity contribution in [3.63, 3.8) is 0 Å². The van der Waals surface area contributed by atoms with Crippen LogP contribution in [0.15, 0.2) is 35.7 Å². The van der Waals surface area contributed by atoms with Crippen LogP contribution in [0.25, 0.3) is 10.4 Å². The molecule has 0 spiro atoms. The average Bonchev–Trinajstić information content (AvgIpc) is 2.85. The molecule has 0 bridgehead atoms. The van der Waals surface area contributed by atoms with E-state index in [1.165, 1.54) is 12.0 Å². The molecular weight excluding hydrogens is 268 g/mol. The molecule has 0 fully saturated rings. The molecule has 0 saturated heterocycles. The molecule has 0 radical (unpaired) electrons. The molecule has 0 aliphatic carbocycles. The van der Waals surface area contributed by atoms with E-state index in [1.807, 2.05) is 24.3 Å². The number of aryl methyl sites for hydroxylation is 1. The first-order valence-electron chi connectivity index (χ1n) is 5.59. The second-order valence-corrected chi connectivity index (χ2v) is 5.25. The third-order valence-electron chi connectivity index (χ3n) is 2.63. The highest BCUT2D eigenvalue weighted by Gasteiger charge is 2.05.